The van der Waals surface area contributed by atoms with Crippen LogP contribution in [0.1, 0.15) is 11.3 Å². The van der Waals surface area contributed by atoms with Crippen molar-refractivity contribution in [1.82, 2.24) is 15.0 Å². The van der Waals surface area contributed by atoms with Gasteiger partial charge in [0.15, 0.2) is 5.82 Å². The molecular formula is C12H11ClIN3O. The molecule has 94 valence electrons. The molecule has 0 atom stereocenters. The lowest BCUT2D eigenvalue weighted by molar-refractivity contribution is 0.181. The van der Waals surface area contributed by atoms with Crippen LogP contribution in [0.5, 0.6) is 0 Å². The van der Waals surface area contributed by atoms with Gasteiger partial charge < -0.3 is 4.74 Å². The number of hydrogen-bond acceptors (Lipinski definition) is 4. The number of ether oxygens (including phenoxy) is 1. The van der Waals surface area contributed by atoms with Gasteiger partial charge in [-0.1, -0.05) is 17.7 Å². The van der Waals surface area contributed by atoms with Crippen molar-refractivity contribution < 1.29 is 4.74 Å². The second-order valence-electron chi connectivity index (χ2n) is 3.75. The van der Waals surface area contributed by atoms with E-state index < -0.39 is 0 Å². The zero-order valence-electron chi connectivity index (χ0n) is 9.94. The molecule has 6 heteroatoms. The fraction of sp³-hybridized carbons (Fsp3) is 0.250. The van der Waals surface area contributed by atoms with Crippen molar-refractivity contribution in [2.24, 2.45) is 0 Å². The van der Waals surface area contributed by atoms with E-state index in [0.29, 0.717) is 23.3 Å². The second-order valence-corrected chi connectivity index (χ2v) is 5.19. The third-order valence-corrected chi connectivity index (χ3v) is 4.03. The Morgan fingerprint density at radius 2 is 2.11 bits per heavy atom. The molecule has 0 aliphatic carbocycles. The number of nitrogens with zero attached hydrogens (tertiary/aromatic N) is 3. The van der Waals surface area contributed by atoms with Crippen LogP contribution in [0.2, 0.25) is 5.15 Å². The van der Waals surface area contributed by atoms with E-state index in [1.165, 1.54) is 0 Å². The van der Waals surface area contributed by atoms with Crippen LogP contribution in [0.4, 0.5) is 0 Å². The monoisotopic (exact) mass is 375 g/mol. The van der Waals surface area contributed by atoms with Gasteiger partial charge in [-0.25, -0.2) is 9.97 Å². The molecule has 0 N–H and O–H groups in total. The van der Waals surface area contributed by atoms with E-state index in [1.54, 1.807) is 13.3 Å². The summed E-state index contributed by atoms with van der Waals surface area (Å²) in [6.07, 6.45) is 1.78. The Balaban J connectivity index is 2.48. The molecule has 2 aromatic heterocycles. The minimum atomic E-state index is 0.402. The van der Waals surface area contributed by atoms with Gasteiger partial charge in [-0.2, -0.15) is 0 Å². The molecule has 2 rings (SSSR count). The molecule has 0 aromatic carbocycles. The lowest BCUT2D eigenvalue weighted by Crippen LogP contribution is -2.02. The molecule has 0 aliphatic rings. The summed E-state index contributed by atoms with van der Waals surface area (Å²) in [6, 6.07) is 3.85. The van der Waals surface area contributed by atoms with Gasteiger partial charge in [0.1, 0.15) is 10.8 Å². The van der Waals surface area contributed by atoms with Gasteiger partial charge in [-0.05, 0) is 41.1 Å². The zero-order chi connectivity index (χ0) is 13.1. The van der Waals surface area contributed by atoms with Crippen molar-refractivity contribution in [2.45, 2.75) is 13.5 Å². The number of hydrogen-bond donors (Lipinski definition) is 0. The molecule has 0 fully saturated rings. The molecule has 0 saturated heterocycles. The Morgan fingerprint density at radius 3 is 2.72 bits per heavy atom. The fourth-order valence-corrected chi connectivity index (χ4v) is 2.00. The average molecular weight is 376 g/mol. The van der Waals surface area contributed by atoms with E-state index in [0.717, 1.165) is 14.8 Å². The van der Waals surface area contributed by atoms with Crippen LogP contribution in [0.3, 0.4) is 0 Å². The highest BCUT2D eigenvalue weighted by atomic mass is 127. The quantitative estimate of drug-likeness (QED) is 0.610. The van der Waals surface area contributed by atoms with Crippen LogP contribution in [0.25, 0.3) is 11.5 Å². The summed E-state index contributed by atoms with van der Waals surface area (Å²) in [4.78, 5) is 13.0. The number of pyridine rings is 1. The summed E-state index contributed by atoms with van der Waals surface area (Å²) in [6.45, 7) is 2.38. The highest BCUT2D eigenvalue weighted by molar-refractivity contribution is 14.1. The van der Waals surface area contributed by atoms with E-state index >= 15 is 0 Å². The summed E-state index contributed by atoms with van der Waals surface area (Å²) < 4.78 is 5.91. The van der Waals surface area contributed by atoms with Crippen molar-refractivity contribution in [3.8, 4) is 11.5 Å². The van der Waals surface area contributed by atoms with E-state index in [2.05, 4.69) is 37.5 Å². The van der Waals surface area contributed by atoms with Crippen molar-refractivity contribution >= 4 is 34.2 Å². The number of rotatable bonds is 3. The van der Waals surface area contributed by atoms with Gasteiger partial charge in [0.05, 0.1) is 15.9 Å². The summed E-state index contributed by atoms with van der Waals surface area (Å²) in [5.74, 6) is 0.521. The maximum atomic E-state index is 6.09. The molecule has 0 bridgehead atoms. The van der Waals surface area contributed by atoms with E-state index in [4.69, 9.17) is 16.3 Å². The van der Waals surface area contributed by atoms with E-state index in [9.17, 15) is 0 Å². The van der Waals surface area contributed by atoms with E-state index in [1.807, 2.05) is 19.1 Å². The summed E-state index contributed by atoms with van der Waals surface area (Å²) in [5, 5.41) is 0.426. The molecule has 0 spiro atoms. The van der Waals surface area contributed by atoms with Crippen LogP contribution in [-0.2, 0) is 11.3 Å². The third-order valence-electron chi connectivity index (χ3n) is 2.30. The van der Waals surface area contributed by atoms with Gasteiger partial charge in [0.25, 0.3) is 0 Å². The first kappa shape index (κ1) is 13.6. The molecule has 0 unspecified atom stereocenters. The normalized spacial score (nSPS) is 10.7. The first-order valence-electron chi connectivity index (χ1n) is 5.25. The molecule has 0 aliphatic heterocycles. The molecule has 2 heterocycles. The highest BCUT2D eigenvalue weighted by Gasteiger charge is 2.12. The maximum absolute atomic E-state index is 6.09. The summed E-state index contributed by atoms with van der Waals surface area (Å²) >= 11 is 8.21. The van der Waals surface area contributed by atoms with Gasteiger partial charge >= 0.3 is 0 Å². The Morgan fingerprint density at radius 1 is 1.33 bits per heavy atom. The highest BCUT2D eigenvalue weighted by Crippen LogP contribution is 2.23. The lowest BCUT2D eigenvalue weighted by Gasteiger charge is -2.07. The molecular weight excluding hydrogens is 365 g/mol. The SMILES string of the molecule is COCc1nc(-c2ccc(C)cn2)nc(Cl)c1I. The van der Waals surface area contributed by atoms with Crippen molar-refractivity contribution in [3.63, 3.8) is 0 Å². The van der Waals surface area contributed by atoms with Crippen LogP contribution < -0.4 is 0 Å². The Hall–Kier alpha value is -0.790. The van der Waals surface area contributed by atoms with Crippen LogP contribution in [0.15, 0.2) is 18.3 Å². The minimum Gasteiger partial charge on any atom is -0.378 e. The average Bonchev–Trinajstić information content (AvgIpc) is 2.36. The molecule has 0 radical (unpaired) electrons. The summed E-state index contributed by atoms with van der Waals surface area (Å²) in [5.41, 5.74) is 2.57. The van der Waals surface area contributed by atoms with Gasteiger partial charge in [0, 0.05) is 13.3 Å². The Labute approximate surface area is 124 Å². The summed E-state index contributed by atoms with van der Waals surface area (Å²) in [7, 11) is 1.62. The lowest BCUT2D eigenvalue weighted by atomic mass is 10.2. The third kappa shape index (κ3) is 2.96. The smallest absolute Gasteiger partial charge is 0.179 e. The Bertz CT molecular complexity index is 560. The van der Waals surface area contributed by atoms with Crippen molar-refractivity contribution in [3.05, 3.63) is 38.3 Å². The number of aromatic nitrogens is 3. The molecule has 0 amide bonds. The zero-order valence-corrected chi connectivity index (χ0v) is 12.9. The van der Waals surface area contributed by atoms with Crippen LogP contribution in [-0.4, -0.2) is 22.1 Å². The molecule has 2 aromatic rings. The predicted molar refractivity (Wildman–Crippen MR) is 78.4 cm³/mol. The fourth-order valence-electron chi connectivity index (χ4n) is 1.41. The van der Waals surface area contributed by atoms with Crippen LogP contribution >= 0.6 is 34.2 Å². The second kappa shape index (κ2) is 5.90. The van der Waals surface area contributed by atoms with Crippen LogP contribution in [0, 0.1) is 10.5 Å². The van der Waals surface area contributed by atoms with E-state index in [-0.39, 0.29) is 0 Å². The van der Waals surface area contributed by atoms with Crippen molar-refractivity contribution in [1.29, 1.82) is 0 Å². The molecule has 4 nitrogen and oxygen atoms in total. The first-order valence-corrected chi connectivity index (χ1v) is 6.71. The van der Waals surface area contributed by atoms with Crippen molar-refractivity contribution in [2.75, 3.05) is 7.11 Å². The predicted octanol–water partition coefficient (Wildman–Crippen LogP) is 3.25. The minimum absolute atomic E-state index is 0.402. The number of aryl methyl sites for hydroxylation is 1. The molecule has 0 saturated carbocycles. The first-order chi connectivity index (χ1) is 8.61. The van der Waals surface area contributed by atoms with Gasteiger partial charge in [-0.3, -0.25) is 4.98 Å². The number of methoxy groups -OCH3 is 1. The molecule has 18 heavy (non-hydrogen) atoms. The topological polar surface area (TPSA) is 47.9 Å². The Kier molecular flexibility index (Phi) is 4.47. The van der Waals surface area contributed by atoms with Gasteiger partial charge in [0.2, 0.25) is 0 Å². The number of halogens is 2. The standard InChI is InChI=1S/C12H11ClIN3O/c1-7-3-4-8(15-5-7)12-16-9(6-18-2)10(14)11(13)17-12/h3-5H,6H2,1-2H3. The largest absolute Gasteiger partial charge is 0.378 e. The maximum Gasteiger partial charge on any atom is 0.179 e. The van der Waals surface area contributed by atoms with Gasteiger partial charge in [-0.15, -0.1) is 0 Å².